The maximum Gasteiger partial charge on any atom is 0.193 e. The van der Waals surface area contributed by atoms with E-state index < -0.39 is 9.84 Å². The number of nitrogens with one attached hydrogen (secondary N) is 1. The van der Waals surface area contributed by atoms with E-state index >= 15 is 0 Å². The van der Waals surface area contributed by atoms with Gasteiger partial charge < -0.3 is 10.2 Å². The van der Waals surface area contributed by atoms with Gasteiger partial charge in [0.2, 0.25) is 0 Å². The van der Waals surface area contributed by atoms with E-state index in [1.165, 1.54) is 11.8 Å². The van der Waals surface area contributed by atoms with Crippen LogP contribution in [0.4, 0.5) is 0 Å². The van der Waals surface area contributed by atoms with E-state index in [2.05, 4.69) is 10.3 Å². The molecule has 1 aromatic carbocycles. The van der Waals surface area contributed by atoms with Crippen LogP contribution < -0.4 is 5.32 Å². The summed E-state index contributed by atoms with van der Waals surface area (Å²) in [6, 6.07) is 10.0. The molecule has 0 aliphatic heterocycles. The van der Waals surface area contributed by atoms with Crippen molar-refractivity contribution in [2.75, 3.05) is 32.6 Å². The number of aliphatic imine (C=N–C) groups is 1. The minimum Gasteiger partial charge on any atom is -0.355 e. The number of hydrogen-bond donors (Lipinski definition) is 1. The first-order valence-corrected chi connectivity index (χ1v) is 8.12. The largest absolute Gasteiger partial charge is 0.355 e. The van der Waals surface area contributed by atoms with Crippen LogP contribution in [0.15, 0.2) is 35.3 Å². The first kappa shape index (κ1) is 19.2. The molecule has 5 nitrogen and oxygen atoms in total. The monoisotopic (exact) mass is 411 g/mol. The molecule has 0 amide bonds. The lowest BCUT2D eigenvalue weighted by molar-refractivity contribution is 0.479. The Bertz CT molecular complexity index is 518. The lowest BCUT2D eigenvalue weighted by Gasteiger charge is -2.22. The molecule has 7 heteroatoms. The summed E-state index contributed by atoms with van der Waals surface area (Å²) in [5, 5.41) is 3.04. The molecule has 0 radical (unpaired) electrons. The van der Waals surface area contributed by atoms with Gasteiger partial charge in [-0.15, -0.1) is 24.0 Å². The highest BCUT2D eigenvalue weighted by Gasteiger charge is 2.07. The van der Waals surface area contributed by atoms with Crippen molar-refractivity contribution in [2.45, 2.75) is 6.54 Å². The molecular weight excluding hydrogens is 389 g/mol. The van der Waals surface area contributed by atoms with Gasteiger partial charge in [-0.2, -0.15) is 0 Å². The zero-order valence-electron chi connectivity index (χ0n) is 12.0. The molecule has 0 atom stereocenters. The third-order valence-electron chi connectivity index (χ3n) is 2.59. The molecule has 1 rings (SSSR count). The highest BCUT2D eigenvalue weighted by Crippen LogP contribution is 2.02. The van der Waals surface area contributed by atoms with Crippen molar-refractivity contribution in [3.63, 3.8) is 0 Å². The smallest absolute Gasteiger partial charge is 0.193 e. The van der Waals surface area contributed by atoms with Crippen LogP contribution in [0.25, 0.3) is 0 Å². The molecule has 0 unspecified atom stereocenters. The lowest BCUT2D eigenvalue weighted by atomic mass is 10.2. The number of benzene rings is 1. The van der Waals surface area contributed by atoms with Gasteiger partial charge in [-0.3, -0.25) is 4.99 Å². The predicted molar refractivity (Wildman–Crippen MR) is 94.4 cm³/mol. The zero-order chi connectivity index (χ0) is 14.3. The van der Waals surface area contributed by atoms with Gasteiger partial charge in [0, 0.05) is 33.4 Å². The van der Waals surface area contributed by atoms with E-state index in [9.17, 15) is 8.42 Å². The minimum atomic E-state index is -2.95. The molecule has 0 bridgehead atoms. The number of guanidine groups is 1. The van der Waals surface area contributed by atoms with Crippen molar-refractivity contribution in [1.82, 2.24) is 10.2 Å². The van der Waals surface area contributed by atoms with Crippen LogP contribution in [0, 0.1) is 0 Å². The first-order valence-electron chi connectivity index (χ1n) is 6.06. The Hall–Kier alpha value is -0.830. The van der Waals surface area contributed by atoms with E-state index in [-0.39, 0.29) is 29.7 Å². The molecule has 0 saturated heterocycles. The molecular formula is C13H22IN3O2S. The van der Waals surface area contributed by atoms with E-state index in [1.807, 2.05) is 42.3 Å². The number of sulfone groups is 1. The van der Waals surface area contributed by atoms with E-state index in [0.717, 1.165) is 6.54 Å². The summed E-state index contributed by atoms with van der Waals surface area (Å²) in [4.78, 5) is 6.10. The van der Waals surface area contributed by atoms with Crippen LogP contribution in [0.5, 0.6) is 0 Å². The lowest BCUT2D eigenvalue weighted by Crippen LogP contribution is -2.40. The second-order valence-corrected chi connectivity index (χ2v) is 6.71. The zero-order valence-corrected chi connectivity index (χ0v) is 15.2. The Balaban J connectivity index is 0.00000361. The number of nitrogens with zero attached hydrogens (tertiary/aromatic N) is 2. The molecule has 0 spiro atoms. The average Bonchev–Trinajstić information content (AvgIpc) is 2.34. The standard InChI is InChI=1S/C13H21N3O2S.HI/c1-14-13(15-9-10-19(3,17)18)16(2)11-12-7-5-4-6-8-12;/h4-8H,9-11H2,1-3H3,(H,14,15);1H. The second-order valence-electron chi connectivity index (χ2n) is 4.45. The SMILES string of the molecule is CN=C(NCCS(C)(=O)=O)N(C)Cc1ccccc1.I. The fourth-order valence-corrected chi connectivity index (χ4v) is 2.14. The molecule has 1 aromatic rings. The summed E-state index contributed by atoms with van der Waals surface area (Å²) in [7, 11) is 0.656. The van der Waals surface area contributed by atoms with Crippen molar-refractivity contribution < 1.29 is 8.42 Å². The Kier molecular flexibility index (Phi) is 8.79. The molecule has 0 aromatic heterocycles. The maximum absolute atomic E-state index is 11.1. The van der Waals surface area contributed by atoms with Crippen LogP contribution >= 0.6 is 24.0 Å². The van der Waals surface area contributed by atoms with E-state index in [4.69, 9.17) is 0 Å². The Morgan fingerprint density at radius 3 is 2.40 bits per heavy atom. The Morgan fingerprint density at radius 2 is 1.90 bits per heavy atom. The van der Waals surface area contributed by atoms with Crippen molar-refractivity contribution in [3.05, 3.63) is 35.9 Å². The molecule has 0 fully saturated rings. The Labute approximate surface area is 138 Å². The van der Waals surface area contributed by atoms with Gasteiger partial charge in [0.15, 0.2) is 5.96 Å². The summed E-state index contributed by atoms with van der Waals surface area (Å²) in [5.74, 6) is 0.790. The van der Waals surface area contributed by atoms with Crippen LogP contribution in [0.1, 0.15) is 5.56 Å². The number of hydrogen-bond acceptors (Lipinski definition) is 3. The predicted octanol–water partition coefficient (Wildman–Crippen LogP) is 1.36. The van der Waals surface area contributed by atoms with Crippen LogP contribution in [-0.2, 0) is 16.4 Å². The van der Waals surface area contributed by atoms with Gasteiger partial charge >= 0.3 is 0 Å². The van der Waals surface area contributed by atoms with Gasteiger partial charge in [-0.25, -0.2) is 8.42 Å². The van der Waals surface area contributed by atoms with Crippen molar-refractivity contribution in [1.29, 1.82) is 0 Å². The molecule has 0 aliphatic carbocycles. The molecule has 114 valence electrons. The molecule has 0 aliphatic rings. The third-order valence-corrected chi connectivity index (χ3v) is 3.54. The average molecular weight is 411 g/mol. The van der Waals surface area contributed by atoms with Crippen molar-refractivity contribution in [3.8, 4) is 0 Å². The first-order chi connectivity index (χ1) is 8.92. The minimum absolute atomic E-state index is 0. The van der Waals surface area contributed by atoms with Gasteiger partial charge in [0.05, 0.1) is 5.75 Å². The number of rotatable bonds is 5. The number of halogens is 1. The fraction of sp³-hybridized carbons (Fsp3) is 0.462. The quantitative estimate of drug-likeness (QED) is 0.452. The van der Waals surface area contributed by atoms with E-state index in [0.29, 0.717) is 12.5 Å². The Morgan fingerprint density at radius 1 is 1.30 bits per heavy atom. The van der Waals surface area contributed by atoms with Crippen LogP contribution in [0.3, 0.4) is 0 Å². The molecule has 0 heterocycles. The van der Waals surface area contributed by atoms with E-state index in [1.54, 1.807) is 7.05 Å². The summed E-state index contributed by atoms with van der Waals surface area (Å²) >= 11 is 0. The van der Waals surface area contributed by atoms with Crippen molar-refractivity contribution >= 4 is 39.8 Å². The second kappa shape index (κ2) is 9.17. The maximum atomic E-state index is 11.1. The highest BCUT2D eigenvalue weighted by molar-refractivity contribution is 14.0. The summed E-state index contributed by atoms with van der Waals surface area (Å²) in [5.41, 5.74) is 1.18. The van der Waals surface area contributed by atoms with Crippen LogP contribution in [-0.4, -0.2) is 51.9 Å². The fourth-order valence-electron chi connectivity index (χ4n) is 1.67. The topological polar surface area (TPSA) is 61.8 Å². The highest BCUT2D eigenvalue weighted by atomic mass is 127. The van der Waals surface area contributed by atoms with Gasteiger partial charge in [0.1, 0.15) is 9.84 Å². The van der Waals surface area contributed by atoms with Gasteiger partial charge in [-0.05, 0) is 5.56 Å². The molecule has 20 heavy (non-hydrogen) atoms. The normalized spacial score (nSPS) is 11.7. The van der Waals surface area contributed by atoms with Gasteiger partial charge in [-0.1, -0.05) is 30.3 Å². The van der Waals surface area contributed by atoms with Gasteiger partial charge in [0.25, 0.3) is 0 Å². The molecule has 0 saturated carbocycles. The molecule has 1 N–H and O–H groups in total. The summed E-state index contributed by atoms with van der Waals surface area (Å²) < 4.78 is 22.1. The third kappa shape index (κ3) is 7.68. The van der Waals surface area contributed by atoms with Crippen LogP contribution in [0.2, 0.25) is 0 Å². The summed E-state index contributed by atoms with van der Waals surface area (Å²) in [6.07, 6.45) is 1.23. The summed E-state index contributed by atoms with van der Waals surface area (Å²) in [6.45, 7) is 1.09. The van der Waals surface area contributed by atoms with Crippen molar-refractivity contribution in [2.24, 2.45) is 4.99 Å².